The second-order valence-electron chi connectivity index (χ2n) is 4.82. The monoisotopic (exact) mass is 238 g/mol. The van der Waals surface area contributed by atoms with Crippen molar-refractivity contribution in [1.29, 1.82) is 0 Å². The minimum absolute atomic E-state index is 0.549. The maximum atomic E-state index is 5.99. The molecular formula is C13H19ClN2. The molecule has 0 amide bonds. The fourth-order valence-electron chi connectivity index (χ4n) is 2.63. The zero-order chi connectivity index (χ0) is 11.7. The van der Waals surface area contributed by atoms with Gasteiger partial charge in [0.25, 0.3) is 0 Å². The molecule has 2 nitrogen and oxygen atoms in total. The molecule has 88 valence electrons. The van der Waals surface area contributed by atoms with Crippen molar-refractivity contribution >= 4 is 17.3 Å². The van der Waals surface area contributed by atoms with Gasteiger partial charge in [-0.2, -0.15) is 0 Å². The molecule has 0 aromatic heterocycles. The Morgan fingerprint density at radius 1 is 1.44 bits per heavy atom. The molecule has 0 bridgehead atoms. The van der Waals surface area contributed by atoms with Gasteiger partial charge in [-0.15, -0.1) is 0 Å². The fraction of sp³-hybridized carbons (Fsp3) is 0.538. The molecule has 2 rings (SSSR count). The zero-order valence-electron chi connectivity index (χ0n) is 9.91. The summed E-state index contributed by atoms with van der Waals surface area (Å²) in [5.74, 6) is 0.760. The maximum absolute atomic E-state index is 5.99. The lowest BCUT2D eigenvalue weighted by Gasteiger charge is -2.26. The standard InChI is InChI=1S/C13H19ClN2/c1-9-5-10(2)16(8-9)13-4-3-12(14)6-11(13)7-15/h3-4,6,9-10H,5,7-8,15H2,1-2H3. The highest BCUT2D eigenvalue weighted by Crippen LogP contribution is 2.32. The SMILES string of the molecule is CC1CC(C)N(c2ccc(Cl)cc2CN)C1. The normalized spacial score (nSPS) is 25.1. The van der Waals surface area contributed by atoms with Gasteiger partial charge in [-0.05, 0) is 43.0 Å². The van der Waals surface area contributed by atoms with E-state index in [4.69, 9.17) is 17.3 Å². The largest absolute Gasteiger partial charge is 0.368 e. The molecule has 1 saturated heterocycles. The molecule has 0 aliphatic carbocycles. The summed E-state index contributed by atoms with van der Waals surface area (Å²) in [5, 5.41) is 0.768. The summed E-state index contributed by atoms with van der Waals surface area (Å²) in [7, 11) is 0. The van der Waals surface area contributed by atoms with Gasteiger partial charge >= 0.3 is 0 Å². The van der Waals surface area contributed by atoms with Gasteiger partial charge in [0.15, 0.2) is 0 Å². The molecule has 2 atom stereocenters. The van der Waals surface area contributed by atoms with Crippen LogP contribution < -0.4 is 10.6 Å². The second kappa shape index (κ2) is 4.64. The highest BCUT2D eigenvalue weighted by Gasteiger charge is 2.27. The van der Waals surface area contributed by atoms with E-state index in [-0.39, 0.29) is 0 Å². The Morgan fingerprint density at radius 2 is 2.19 bits per heavy atom. The van der Waals surface area contributed by atoms with Crippen LogP contribution in [0.1, 0.15) is 25.8 Å². The van der Waals surface area contributed by atoms with Crippen molar-refractivity contribution in [2.24, 2.45) is 11.7 Å². The van der Waals surface area contributed by atoms with E-state index in [1.54, 1.807) is 0 Å². The van der Waals surface area contributed by atoms with Crippen molar-refractivity contribution in [3.63, 3.8) is 0 Å². The van der Waals surface area contributed by atoms with Gasteiger partial charge in [0.05, 0.1) is 0 Å². The molecule has 16 heavy (non-hydrogen) atoms. The van der Waals surface area contributed by atoms with Gasteiger partial charge in [0.2, 0.25) is 0 Å². The highest BCUT2D eigenvalue weighted by molar-refractivity contribution is 6.30. The van der Waals surface area contributed by atoms with Gasteiger partial charge in [0.1, 0.15) is 0 Å². The van der Waals surface area contributed by atoms with E-state index in [9.17, 15) is 0 Å². The molecule has 1 heterocycles. The first-order valence-corrected chi connectivity index (χ1v) is 6.24. The third-order valence-corrected chi connectivity index (χ3v) is 3.59. The zero-order valence-corrected chi connectivity index (χ0v) is 10.7. The number of anilines is 1. The topological polar surface area (TPSA) is 29.3 Å². The summed E-state index contributed by atoms with van der Waals surface area (Å²) in [6.45, 7) is 6.25. The molecule has 1 aromatic carbocycles. The van der Waals surface area contributed by atoms with E-state index in [0.717, 1.165) is 23.0 Å². The van der Waals surface area contributed by atoms with Crippen molar-refractivity contribution < 1.29 is 0 Å². The smallest absolute Gasteiger partial charge is 0.0415 e. The maximum Gasteiger partial charge on any atom is 0.0415 e. The second-order valence-corrected chi connectivity index (χ2v) is 5.26. The van der Waals surface area contributed by atoms with Crippen LogP contribution in [0.4, 0.5) is 5.69 Å². The predicted octanol–water partition coefficient (Wildman–Crippen LogP) is 3.03. The van der Waals surface area contributed by atoms with E-state index in [1.165, 1.54) is 12.1 Å². The minimum Gasteiger partial charge on any atom is -0.368 e. The number of nitrogens with two attached hydrogens (primary N) is 1. The molecule has 3 heteroatoms. The Balaban J connectivity index is 2.32. The van der Waals surface area contributed by atoms with E-state index >= 15 is 0 Å². The van der Waals surface area contributed by atoms with Crippen LogP contribution in [-0.4, -0.2) is 12.6 Å². The van der Waals surface area contributed by atoms with E-state index in [1.807, 2.05) is 12.1 Å². The van der Waals surface area contributed by atoms with Crippen molar-refractivity contribution in [2.75, 3.05) is 11.4 Å². The predicted molar refractivity (Wildman–Crippen MR) is 69.9 cm³/mol. The van der Waals surface area contributed by atoms with Crippen molar-refractivity contribution in [3.8, 4) is 0 Å². The lowest BCUT2D eigenvalue weighted by molar-refractivity contribution is 0.625. The molecule has 1 fully saturated rings. The van der Waals surface area contributed by atoms with Gasteiger partial charge in [-0.1, -0.05) is 18.5 Å². The highest BCUT2D eigenvalue weighted by atomic mass is 35.5. The van der Waals surface area contributed by atoms with Crippen LogP contribution >= 0.6 is 11.6 Å². The first-order valence-electron chi connectivity index (χ1n) is 5.87. The summed E-state index contributed by atoms with van der Waals surface area (Å²) in [5.41, 5.74) is 8.18. The lowest BCUT2D eigenvalue weighted by atomic mass is 10.1. The molecule has 0 spiro atoms. The number of hydrogen-bond donors (Lipinski definition) is 1. The molecule has 2 unspecified atom stereocenters. The van der Waals surface area contributed by atoms with Crippen LogP contribution in [0, 0.1) is 5.92 Å². The van der Waals surface area contributed by atoms with E-state index in [0.29, 0.717) is 12.6 Å². The van der Waals surface area contributed by atoms with Crippen LogP contribution in [0.15, 0.2) is 18.2 Å². The third kappa shape index (κ3) is 2.18. The molecule has 1 aliphatic rings. The third-order valence-electron chi connectivity index (χ3n) is 3.35. The Kier molecular flexibility index (Phi) is 3.41. The van der Waals surface area contributed by atoms with Gasteiger partial charge in [-0.25, -0.2) is 0 Å². The quantitative estimate of drug-likeness (QED) is 0.858. The van der Waals surface area contributed by atoms with Gasteiger partial charge in [0, 0.05) is 29.8 Å². The summed E-state index contributed by atoms with van der Waals surface area (Å²) >= 11 is 5.99. The van der Waals surface area contributed by atoms with E-state index in [2.05, 4.69) is 24.8 Å². The van der Waals surface area contributed by atoms with Crippen molar-refractivity contribution in [1.82, 2.24) is 0 Å². The van der Waals surface area contributed by atoms with Gasteiger partial charge < -0.3 is 10.6 Å². The van der Waals surface area contributed by atoms with Crippen LogP contribution in [0.2, 0.25) is 5.02 Å². The van der Waals surface area contributed by atoms with Crippen LogP contribution in [0.3, 0.4) is 0 Å². The Hall–Kier alpha value is -0.730. The van der Waals surface area contributed by atoms with Crippen LogP contribution in [0.25, 0.3) is 0 Å². The van der Waals surface area contributed by atoms with Crippen molar-refractivity contribution in [3.05, 3.63) is 28.8 Å². The first-order chi connectivity index (χ1) is 7.61. The number of rotatable bonds is 2. The summed E-state index contributed by atoms with van der Waals surface area (Å²) < 4.78 is 0. The Bertz CT molecular complexity index is 378. The van der Waals surface area contributed by atoms with Gasteiger partial charge in [-0.3, -0.25) is 0 Å². The minimum atomic E-state index is 0.549. The molecular weight excluding hydrogens is 220 g/mol. The van der Waals surface area contributed by atoms with Crippen LogP contribution in [0.5, 0.6) is 0 Å². The number of halogens is 1. The first kappa shape index (κ1) is 11.7. The fourth-order valence-corrected chi connectivity index (χ4v) is 2.83. The van der Waals surface area contributed by atoms with Crippen LogP contribution in [-0.2, 0) is 6.54 Å². The summed E-state index contributed by atoms with van der Waals surface area (Å²) in [4.78, 5) is 2.45. The Labute approximate surface area is 102 Å². The number of nitrogens with zero attached hydrogens (tertiary/aromatic N) is 1. The number of hydrogen-bond acceptors (Lipinski definition) is 2. The average Bonchev–Trinajstić information content (AvgIpc) is 2.57. The molecule has 0 radical (unpaired) electrons. The molecule has 0 saturated carbocycles. The van der Waals surface area contributed by atoms with Crippen molar-refractivity contribution in [2.45, 2.75) is 32.9 Å². The lowest BCUT2D eigenvalue weighted by Crippen LogP contribution is -2.28. The molecule has 1 aromatic rings. The summed E-state index contributed by atoms with van der Waals surface area (Å²) in [6.07, 6.45) is 1.26. The summed E-state index contributed by atoms with van der Waals surface area (Å²) in [6, 6.07) is 6.62. The molecule has 1 aliphatic heterocycles. The van der Waals surface area contributed by atoms with E-state index < -0.39 is 0 Å². The average molecular weight is 239 g/mol. The number of benzene rings is 1. The Morgan fingerprint density at radius 3 is 2.75 bits per heavy atom. The molecule has 2 N–H and O–H groups in total.